The van der Waals surface area contributed by atoms with E-state index in [1.54, 1.807) is 37.3 Å². The molecule has 29 heavy (non-hydrogen) atoms. The van der Waals surface area contributed by atoms with Gasteiger partial charge in [-0.05, 0) is 55.7 Å². The van der Waals surface area contributed by atoms with Gasteiger partial charge in [0.05, 0.1) is 20.7 Å². The Labute approximate surface area is 180 Å². The highest BCUT2D eigenvalue weighted by molar-refractivity contribution is 7.89. The van der Waals surface area contributed by atoms with Gasteiger partial charge in [-0.25, -0.2) is 13.8 Å². The van der Waals surface area contributed by atoms with Crippen molar-refractivity contribution < 1.29 is 13.2 Å². The maximum absolute atomic E-state index is 12.8. The van der Waals surface area contributed by atoms with E-state index in [0.717, 1.165) is 19.3 Å². The molecule has 0 atom stereocenters. The van der Waals surface area contributed by atoms with Crippen LogP contribution in [0, 0.1) is 0 Å². The number of nitrogens with zero attached hydrogens (tertiary/aromatic N) is 2. The maximum Gasteiger partial charge on any atom is 0.271 e. The zero-order chi connectivity index (χ0) is 21.0. The molecule has 1 fully saturated rings. The second-order valence-corrected chi connectivity index (χ2v) is 9.51. The SMILES string of the molecule is CC(=NNC(=O)c1cccc(S(=O)(=O)N2CCCCC2)c1)c1ccc(Cl)c(Cl)c1. The number of amides is 1. The third-order valence-electron chi connectivity index (χ3n) is 4.71. The van der Waals surface area contributed by atoms with Crippen molar-refractivity contribution in [3.63, 3.8) is 0 Å². The van der Waals surface area contributed by atoms with Gasteiger partial charge in [0, 0.05) is 18.7 Å². The minimum atomic E-state index is -3.61. The van der Waals surface area contributed by atoms with Crippen molar-refractivity contribution >= 4 is 44.8 Å². The smallest absolute Gasteiger partial charge is 0.267 e. The average Bonchev–Trinajstić information content (AvgIpc) is 2.74. The lowest BCUT2D eigenvalue weighted by molar-refractivity contribution is 0.0954. The molecule has 3 rings (SSSR count). The lowest BCUT2D eigenvalue weighted by atomic mass is 10.1. The van der Waals surface area contributed by atoms with Crippen LogP contribution in [0.4, 0.5) is 0 Å². The van der Waals surface area contributed by atoms with Crippen molar-refractivity contribution in [3.8, 4) is 0 Å². The van der Waals surface area contributed by atoms with Gasteiger partial charge in [-0.3, -0.25) is 4.79 Å². The second kappa shape index (κ2) is 9.26. The molecule has 0 aromatic heterocycles. The fourth-order valence-corrected chi connectivity index (χ4v) is 4.90. The van der Waals surface area contributed by atoms with Crippen molar-refractivity contribution in [1.29, 1.82) is 0 Å². The first-order valence-electron chi connectivity index (χ1n) is 9.19. The molecule has 0 radical (unpaired) electrons. The van der Waals surface area contributed by atoms with E-state index >= 15 is 0 Å². The highest BCUT2D eigenvalue weighted by Crippen LogP contribution is 2.23. The number of halogens is 2. The van der Waals surface area contributed by atoms with E-state index in [9.17, 15) is 13.2 Å². The maximum atomic E-state index is 12.8. The Morgan fingerprint density at radius 3 is 2.41 bits per heavy atom. The largest absolute Gasteiger partial charge is 0.271 e. The summed E-state index contributed by atoms with van der Waals surface area (Å²) in [5, 5.41) is 4.90. The van der Waals surface area contributed by atoms with Crippen molar-refractivity contribution in [2.45, 2.75) is 31.1 Å². The zero-order valence-corrected chi connectivity index (χ0v) is 18.2. The van der Waals surface area contributed by atoms with Crippen LogP contribution in [0.2, 0.25) is 10.0 Å². The fourth-order valence-electron chi connectivity index (χ4n) is 3.04. The van der Waals surface area contributed by atoms with E-state index in [-0.39, 0.29) is 10.5 Å². The summed E-state index contributed by atoms with van der Waals surface area (Å²) in [6, 6.07) is 11.0. The Balaban J connectivity index is 1.76. The van der Waals surface area contributed by atoms with E-state index < -0.39 is 15.9 Å². The van der Waals surface area contributed by atoms with Gasteiger partial charge < -0.3 is 0 Å². The van der Waals surface area contributed by atoms with Gasteiger partial charge in [0.25, 0.3) is 5.91 Å². The Kier molecular flexibility index (Phi) is 6.95. The normalized spacial score (nSPS) is 15.9. The number of rotatable bonds is 5. The van der Waals surface area contributed by atoms with Gasteiger partial charge in [0.15, 0.2) is 0 Å². The van der Waals surface area contributed by atoms with E-state index in [1.807, 2.05) is 0 Å². The first kappa shape index (κ1) is 21.8. The van der Waals surface area contributed by atoms with Crippen LogP contribution in [-0.2, 0) is 10.0 Å². The highest BCUT2D eigenvalue weighted by atomic mass is 35.5. The Bertz CT molecular complexity index is 1050. The quantitative estimate of drug-likeness (QED) is 0.540. The molecule has 0 saturated carbocycles. The van der Waals surface area contributed by atoms with E-state index in [1.165, 1.54) is 16.4 Å². The summed E-state index contributed by atoms with van der Waals surface area (Å²) in [5.41, 5.74) is 3.92. The minimum Gasteiger partial charge on any atom is -0.267 e. The van der Waals surface area contributed by atoms with Crippen LogP contribution in [0.15, 0.2) is 52.5 Å². The van der Waals surface area contributed by atoms with E-state index in [4.69, 9.17) is 23.2 Å². The van der Waals surface area contributed by atoms with Gasteiger partial charge in [0.1, 0.15) is 0 Å². The molecule has 1 heterocycles. The number of hydrogen-bond acceptors (Lipinski definition) is 4. The van der Waals surface area contributed by atoms with E-state index in [0.29, 0.717) is 34.4 Å². The van der Waals surface area contributed by atoms with Crippen LogP contribution in [0.5, 0.6) is 0 Å². The molecule has 1 N–H and O–H groups in total. The number of hydrazone groups is 1. The second-order valence-electron chi connectivity index (χ2n) is 6.76. The lowest BCUT2D eigenvalue weighted by Crippen LogP contribution is -2.35. The number of nitrogens with one attached hydrogen (secondary N) is 1. The summed E-state index contributed by atoms with van der Waals surface area (Å²) < 4.78 is 27.1. The summed E-state index contributed by atoms with van der Waals surface area (Å²) in [7, 11) is -3.61. The molecule has 9 heteroatoms. The molecule has 1 aliphatic heterocycles. The number of piperidine rings is 1. The lowest BCUT2D eigenvalue weighted by Gasteiger charge is -2.25. The topological polar surface area (TPSA) is 78.8 Å². The summed E-state index contributed by atoms with van der Waals surface area (Å²) in [6.07, 6.45) is 2.73. The number of benzene rings is 2. The molecule has 1 amide bonds. The van der Waals surface area contributed by atoms with Crippen molar-refractivity contribution in [1.82, 2.24) is 9.73 Å². The van der Waals surface area contributed by atoms with Crippen LogP contribution < -0.4 is 5.43 Å². The van der Waals surface area contributed by atoms with E-state index in [2.05, 4.69) is 10.5 Å². The predicted octanol–water partition coefficient (Wildman–Crippen LogP) is 4.32. The number of carbonyl (C=O) groups excluding carboxylic acids is 1. The third-order valence-corrected chi connectivity index (χ3v) is 7.35. The zero-order valence-electron chi connectivity index (χ0n) is 15.9. The number of sulfonamides is 1. The fraction of sp³-hybridized carbons (Fsp3) is 0.300. The minimum absolute atomic E-state index is 0.109. The van der Waals surface area contributed by atoms with Crippen LogP contribution in [0.25, 0.3) is 0 Å². The van der Waals surface area contributed by atoms with Gasteiger partial charge in [-0.2, -0.15) is 9.41 Å². The highest BCUT2D eigenvalue weighted by Gasteiger charge is 2.26. The van der Waals surface area contributed by atoms with Gasteiger partial charge in [-0.1, -0.05) is 41.8 Å². The first-order chi connectivity index (χ1) is 13.8. The van der Waals surface area contributed by atoms with Gasteiger partial charge in [-0.15, -0.1) is 0 Å². The molecule has 1 saturated heterocycles. The Hall–Kier alpha value is -1.93. The molecule has 0 aliphatic carbocycles. The van der Waals surface area contributed by atoms with Crippen LogP contribution >= 0.6 is 23.2 Å². The standard InChI is InChI=1S/C20H21Cl2N3O3S/c1-14(15-8-9-18(21)19(22)13-15)23-24-20(26)16-6-5-7-17(12-16)29(27,28)25-10-3-2-4-11-25/h5-9,12-13H,2-4,10-11H2,1H3,(H,24,26). The van der Waals surface area contributed by atoms with Gasteiger partial charge >= 0.3 is 0 Å². The Morgan fingerprint density at radius 1 is 1.00 bits per heavy atom. The Morgan fingerprint density at radius 2 is 1.72 bits per heavy atom. The number of hydrogen-bond donors (Lipinski definition) is 1. The summed E-state index contributed by atoms with van der Waals surface area (Å²) in [6.45, 7) is 2.73. The van der Waals surface area contributed by atoms with Crippen LogP contribution in [0.3, 0.4) is 0 Å². The average molecular weight is 454 g/mol. The monoisotopic (exact) mass is 453 g/mol. The predicted molar refractivity (Wildman–Crippen MR) is 115 cm³/mol. The molecular weight excluding hydrogens is 433 g/mol. The third kappa shape index (κ3) is 5.17. The van der Waals surface area contributed by atoms with Crippen molar-refractivity contribution in [2.75, 3.05) is 13.1 Å². The molecule has 0 bridgehead atoms. The summed E-state index contributed by atoms with van der Waals surface area (Å²) in [4.78, 5) is 12.6. The van der Waals surface area contributed by atoms with Gasteiger partial charge in [0.2, 0.25) is 10.0 Å². The van der Waals surface area contributed by atoms with Crippen molar-refractivity contribution in [3.05, 3.63) is 63.6 Å². The molecule has 0 spiro atoms. The molecule has 2 aromatic rings. The molecule has 2 aromatic carbocycles. The molecular formula is C20H21Cl2N3O3S. The van der Waals surface area contributed by atoms with Crippen molar-refractivity contribution in [2.24, 2.45) is 5.10 Å². The number of carbonyl (C=O) groups is 1. The molecule has 6 nitrogen and oxygen atoms in total. The van der Waals surface area contributed by atoms with Crippen LogP contribution in [0.1, 0.15) is 42.1 Å². The summed E-state index contributed by atoms with van der Waals surface area (Å²) in [5.74, 6) is -0.500. The molecule has 0 unspecified atom stereocenters. The molecule has 1 aliphatic rings. The summed E-state index contributed by atoms with van der Waals surface area (Å²) >= 11 is 11.9. The van der Waals surface area contributed by atoms with Crippen LogP contribution in [-0.4, -0.2) is 37.4 Å². The molecule has 154 valence electrons. The first-order valence-corrected chi connectivity index (χ1v) is 11.4.